The summed E-state index contributed by atoms with van der Waals surface area (Å²) in [6.07, 6.45) is 0.109. The van der Waals surface area contributed by atoms with Gasteiger partial charge < -0.3 is 14.8 Å². The van der Waals surface area contributed by atoms with Crippen molar-refractivity contribution in [1.82, 2.24) is 5.32 Å². The Morgan fingerprint density at radius 2 is 1.62 bits per heavy atom. The van der Waals surface area contributed by atoms with Gasteiger partial charge in [0, 0.05) is 5.56 Å². The number of benzene rings is 1. The molecule has 0 saturated carbocycles. The highest BCUT2D eigenvalue weighted by Gasteiger charge is 2.27. The lowest BCUT2D eigenvalue weighted by Gasteiger charge is -2.19. The van der Waals surface area contributed by atoms with Gasteiger partial charge in [0.2, 0.25) is 0 Å². The minimum atomic E-state index is -0.906. The molecule has 21 heavy (non-hydrogen) atoms. The third-order valence-electron chi connectivity index (χ3n) is 3.02. The second kappa shape index (κ2) is 8.04. The summed E-state index contributed by atoms with van der Waals surface area (Å²) in [5.74, 6) is -1.98. The lowest BCUT2D eigenvalue weighted by molar-refractivity contribution is -0.147. The molecule has 2 atom stereocenters. The lowest BCUT2D eigenvalue weighted by atomic mass is 10.0. The fourth-order valence-corrected chi connectivity index (χ4v) is 1.84. The molecule has 0 aliphatic carbocycles. The molecule has 0 saturated heterocycles. The van der Waals surface area contributed by atoms with Gasteiger partial charge in [-0.2, -0.15) is 0 Å². The summed E-state index contributed by atoms with van der Waals surface area (Å²) < 4.78 is 9.27. The second-order valence-corrected chi connectivity index (χ2v) is 4.58. The maximum absolute atomic E-state index is 12.1. The minimum absolute atomic E-state index is 0.109. The Hall–Kier alpha value is -2.37. The molecule has 1 rings (SSSR count). The number of rotatable bonds is 6. The molecule has 1 aromatic carbocycles. The topological polar surface area (TPSA) is 81.7 Å². The van der Waals surface area contributed by atoms with Crippen LogP contribution in [0.1, 0.15) is 23.7 Å². The van der Waals surface area contributed by atoms with Gasteiger partial charge in [0.25, 0.3) is 5.91 Å². The third-order valence-corrected chi connectivity index (χ3v) is 3.02. The fraction of sp³-hybridized carbons (Fsp3) is 0.400. The first-order valence-corrected chi connectivity index (χ1v) is 6.51. The van der Waals surface area contributed by atoms with Crippen molar-refractivity contribution >= 4 is 17.8 Å². The summed E-state index contributed by atoms with van der Waals surface area (Å²) >= 11 is 0. The largest absolute Gasteiger partial charge is 0.469 e. The van der Waals surface area contributed by atoms with Crippen LogP contribution in [0, 0.1) is 5.92 Å². The zero-order chi connectivity index (χ0) is 15.8. The summed E-state index contributed by atoms with van der Waals surface area (Å²) in [4.78, 5) is 35.2. The summed E-state index contributed by atoms with van der Waals surface area (Å²) in [6.45, 7) is 1.62. The molecule has 0 aliphatic rings. The van der Waals surface area contributed by atoms with Crippen LogP contribution in [0.25, 0.3) is 0 Å². The van der Waals surface area contributed by atoms with Gasteiger partial charge in [-0.05, 0) is 18.6 Å². The number of hydrogen-bond donors (Lipinski definition) is 1. The Labute approximate surface area is 123 Å². The summed E-state index contributed by atoms with van der Waals surface area (Å²) in [6, 6.07) is 7.59. The van der Waals surface area contributed by atoms with Gasteiger partial charge in [0.05, 0.1) is 20.1 Å². The van der Waals surface area contributed by atoms with E-state index in [1.54, 1.807) is 37.3 Å². The van der Waals surface area contributed by atoms with Crippen LogP contribution in [0.3, 0.4) is 0 Å². The van der Waals surface area contributed by atoms with Crippen LogP contribution in [-0.4, -0.2) is 38.1 Å². The standard InChI is InChI=1S/C15H19NO5/c1-10(14(18)20-2)9-12(15(19)21-3)16-13(17)11-7-5-4-6-8-11/h4-8,10,12H,9H2,1-3H3,(H,16,17)/t10-,12-/m0/s1. The average molecular weight is 293 g/mol. The van der Waals surface area contributed by atoms with Gasteiger partial charge in [-0.15, -0.1) is 0 Å². The van der Waals surface area contributed by atoms with Crippen molar-refractivity contribution in [3.8, 4) is 0 Å². The zero-order valence-corrected chi connectivity index (χ0v) is 12.3. The molecule has 1 amide bonds. The van der Waals surface area contributed by atoms with Crippen LogP contribution < -0.4 is 5.32 Å². The summed E-state index contributed by atoms with van der Waals surface area (Å²) in [5.41, 5.74) is 0.428. The van der Waals surface area contributed by atoms with Crippen molar-refractivity contribution in [3.63, 3.8) is 0 Å². The molecule has 6 nitrogen and oxygen atoms in total. The SMILES string of the molecule is COC(=O)[C@H](C[C@H](C)C(=O)OC)NC(=O)c1ccccc1. The van der Waals surface area contributed by atoms with E-state index in [2.05, 4.69) is 14.8 Å². The van der Waals surface area contributed by atoms with E-state index >= 15 is 0 Å². The first kappa shape index (κ1) is 16.7. The number of ether oxygens (including phenoxy) is 2. The molecule has 0 fully saturated rings. The molecule has 0 radical (unpaired) electrons. The Bertz CT molecular complexity index is 500. The van der Waals surface area contributed by atoms with Crippen LogP contribution in [-0.2, 0) is 19.1 Å². The number of carbonyl (C=O) groups excluding carboxylic acids is 3. The summed E-state index contributed by atoms with van der Waals surface area (Å²) in [5, 5.41) is 2.57. The van der Waals surface area contributed by atoms with E-state index in [1.807, 2.05) is 0 Å². The molecule has 0 aromatic heterocycles. The minimum Gasteiger partial charge on any atom is -0.469 e. The van der Waals surface area contributed by atoms with Crippen molar-refractivity contribution in [2.45, 2.75) is 19.4 Å². The Kier molecular flexibility index (Phi) is 6.39. The van der Waals surface area contributed by atoms with Crippen LogP contribution >= 0.6 is 0 Å². The Morgan fingerprint density at radius 3 is 2.14 bits per heavy atom. The number of methoxy groups -OCH3 is 2. The van der Waals surface area contributed by atoms with Crippen molar-refractivity contribution < 1.29 is 23.9 Å². The molecule has 1 aromatic rings. The number of nitrogens with one attached hydrogen (secondary N) is 1. The van der Waals surface area contributed by atoms with Crippen molar-refractivity contribution in [1.29, 1.82) is 0 Å². The van der Waals surface area contributed by atoms with Crippen LogP contribution in [0.5, 0.6) is 0 Å². The average Bonchev–Trinajstić information content (AvgIpc) is 2.53. The van der Waals surface area contributed by atoms with Gasteiger partial charge >= 0.3 is 11.9 Å². The highest BCUT2D eigenvalue weighted by atomic mass is 16.5. The molecule has 1 N–H and O–H groups in total. The lowest BCUT2D eigenvalue weighted by Crippen LogP contribution is -2.43. The molecule has 0 aliphatic heterocycles. The third kappa shape index (κ3) is 4.91. The van der Waals surface area contributed by atoms with Crippen LogP contribution in [0.15, 0.2) is 30.3 Å². The van der Waals surface area contributed by atoms with E-state index in [0.717, 1.165) is 0 Å². The van der Waals surface area contributed by atoms with E-state index in [-0.39, 0.29) is 6.42 Å². The normalized spacial score (nSPS) is 12.9. The molecule has 0 unspecified atom stereocenters. The van der Waals surface area contributed by atoms with Crippen molar-refractivity contribution in [3.05, 3.63) is 35.9 Å². The highest BCUT2D eigenvalue weighted by Crippen LogP contribution is 2.10. The van der Waals surface area contributed by atoms with E-state index in [4.69, 9.17) is 0 Å². The Morgan fingerprint density at radius 1 is 1.05 bits per heavy atom. The maximum Gasteiger partial charge on any atom is 0.328 e. The van der Waals surface area contributed by atoms with Gasteiger partial charge in [0.15, 0.2) is 0 Å². The van der Waals surface area contributed by atoms with Gasteiger partial charge in [-0.3, -0.25) is 9.59 Å². The van der Waals surface area contributed by atoms with E-state index < -0.39 is 29.8 Å². The first-order chi connectivity index (χ1) is 9.99. The quantitative estimate of drug-likeness (QED) is 0.796. The highest BCUT2D eigenvalue weighted by molar-refractivity contribution is 5.96. The number of amides is 1. The molecule has 6 heteroatoms. The molecule has 0 heterocycles. The molecule has 114 valence electrons. The monoisotopic (exact) mass is 293 g/mol. The van der Waals surface area contributed by atoms with Crippen LogP contribution in [0.4, 0.5) is 0 Å². The predicted molar refractivity (Wildman–Crippen MR) is 75.5 cm³/mol. The number of carbonyl (C=O) groups is 3. The van der Waals surface area contributed by atoms with Crippen molar-refractivity contribution in [2.75, 3.05) is 14.2 Å². The van der Waals surface area contributed by atoms with Gasteiger partial charge in [-0.1, -0.05) is 25.1 Å². The number of esters is 2. The van der Waals surface area contributed by atoms with Gasteiger partial charge in [0.1, 0.15) is 6.04 Å². The van der Waals surface area contributed by atoms with Crippen LogP contribution in [0.2, 0.25) is 0 Å². The first-order valence-electron chi connectivity index (χ1n) is 6.51. The maximum atomic E-state index is 12.1. The second-order valence-electron chi connectivity index (χ2n) is 4.58. The zero-order valence-electron chi connectivity index (χ0n) is 12.3. The molecular formula is C15H19NO5. The fourth-order valence-electron chi connectivity index (χ4n) is 1.84. The molecule has 0 spiro atoms. The smallest absolute Gasteiger partial charge is 0.328 e. The molecule has 0 bridgehead atoms. The van der Waals surface area contributed by atoms with E-state index in [9.17, 15) is 14.4 Å². The van der Waals surface area contributed by atoms with Crippen molar-refractivity contribution in [2.24, 2.45) is 5.92 Å². The van der Waals surface area contributed by atoms with Gasteiger partial charge in [-0.25, -0.2) is 4.79 Å². The van der Waals surface area contributed by atoms with E-state index in [1.165, 1.54) is 14.2 Å². The summed E-state index contributed by atoms with van der Waals surface area (Å²) in [7, 11) is 2.50. The van der Waals surface area contributed by atoms with E-state index in [0.29, 0.717) is 5.56 Å². The number of hydrogen-bond acceptors (Lipinski definition) is 5. The molecular weight excluding hydrogens is 274 g/mol. The Balaban J connectivity index is 2.77. The predicted octanol–water partition coefficient (Wildman–Crippen LogP) is 1.16.